The molecule has 1 heterocycles. The third-order valence-corrected chi connectivity index (χ3v) is 4.27. The Hall–Kier alpha value is -2.63. The van der Waals surface area contributed by atoms with E-state index in [9.17, 15) is 22.4 Å². The zero-order valence-electron chi connectivity index (χ0n) is 14.0. The molecule has 0 fully saturated rings. The normalized spacial score (nSPS) is 11.3. The maximum absolute atomic E-state index is 13.5. The van der Waals surface area contributed by atoms with Crippen LogP contribution in [0, 0.1) is 9.39 Å². The third kappa shape index (κ3) is 4.80. The molecule has 0 radical (unpaired) electrons. The number of ether oxygens (including phenoxy) is 1. The molecular formula is C18H12F4IN3O2. The van der Waals surface area contributed by atoms with E-state index in [-0.39, 0.29) is 12.2 Å². The standard InChI is InChI=1S/C18H12F4IN3O2/c19-12-4-6-14(7-5-12)26-16(18(20,21)22)15(10-25-26)28-17(27)24-9-11-2-1-3-13(23)8-11/h1-8,10H,9H2,(H,24,27). The van der Waals surface area contributed by atoms with E-state index in [1.807, 2.05) is 12.1 Å². The highest BCUT2D eigenvalue weighted by molar-refractivity contribution is 14.1. The van der Waals surface area contributed by atoms with E-state index in [1.54, 1.807) is 12.1 Å². The molecule has 1 N–H and O–H groups in total. The maximum atomic E-state index is 13.5. The fourth-order valence-electron chi connectivity index (χ4n) is 2.40. The van der Waals surface area contributed by atoms with Crippen molar-refractivity contribution in [3.8, 4) is 11.4 Å². The van der Waals surface area contributed by atoms with Gasteiger partial charge in [0, 0.05) is 10.1 Å². The Kier molecular flexibility index (Phi) is 5.87. The van der Waals surface area contributed by atoms with Gasteiger partial charge in [-0.25, -0.2) is 13.9 Å². The number of aromatic nitrogens is 2. The zero-order valence-corrected chi connectivity index (χ0v) is 16.2. The first-order chi connectivity index (χ1) is 13.2. The Morgan fingerprint density at radius 1 is 1.18 bits per heavy atom. The van der Waals surface area contributed by atoms with Crippen molar-refractivity contribution in [2.24, 2.45) is 0 Å². The van der Waals surface area contributed by atoms with Crippen molar-refractivity contribution >= 4 is 28.7 Å². The second-order valence-corrected chi connectivity index (χ2v) is 6.86. The van der Waals surface area contributed by atoms with Crippen LogP contribution < -0.4 is 10.1 Å². The number of nitrogens with zero attached hydrogens (tertiary/aromatic N) is 2. The second kappa shape index (κ2) is 8.17. The minimum absolute atomic E-state index is 0.0251. The minimum Gasteiger partial charge on any atom is -0.406 e. The molecule has 0 saturated carbocycles. The molecule has 0 saturated heterocycles. The SMILES string of the molecule is O=C(NCc1cccc(I)c1)Oc1cnn(-c2ccc(F)cc2)c1C(F)(F)F. The molecule has 3 aromatic rings. The van der Waals surface area contributed by atoms with Gasteiger partial charge in [0.05, 0.1) is 11.9 Å². The van der Waals surface area contributed by atoms with Gasteiger partial charge >= 0.3 is 12.3 Å². The summed E-state index contributed by atoms with van der Waals surface area (Å²) < 4.78 is 59.9. The molecule has 0 spiro atoms. The lowest BCUT2D eigenvalue weighted by Gasteiger charge is -2.13. The van der Waals surface area contributed by atoms with E-state index in [2.05, 4.69) is 33.0 Å². The molecule has 2 aromatic carbocycles. The van der Waals surface area contributed by atoms with E-state index in [4.69, 9.17) is 4.74 Å². The Labute approximate surface area is 170 Å². The van der Waals surface area contributed by atoms with Gasteiger partial charge in [-0.3, -0.25) is 0 Å². The van der Waals surface area contributed by atoms with E-state index in [0.29, 0.717) is 4.68 Å². The number of alkyl halides is 3. The van der Waals surface area contributed by atoms with Crippen molar-refractivity contribution in [3.05, 3.63) is 75.4 Å². The first kappa shape index (κ1) is 20.1. The van der Waals surface area contributed by atoms with Crippen LogP contribution in [0.5, 0.6) is 5.75 Å². The van der Waals surface area contributed by atoms with Crippen LogP contribution in [0.1, 0.15) is 11.3 Å². The molecule has 3 rings (SSSR count). The number of carbonyl (C=O) groups is 1. The number of hydrogen-bond acceptors (Lipinski definition) is 3. The van der Waals surface area contributed by atoms with Gasteiger partial charge in [0.15, 0.2) is 11.4 Å². The third-order valence-electron chi connectivity index (χ3n) is 3.60. The largest absolute Gasteiger partial charge is 0.437 e. The highest BCUT2D eigenvalue weighted by Crippen LogP contribution is 2.37. The van der Waals surface area contributed by atoms with E-state index in [0.717, 1.165) is 39.6 Å². The topological polar surface area (TPSA) is 56.1 Å². The number of hydrogen-bond donors (Lipinski definition) is 1. The monoisotopic (exact) mass is 505 g/mol. The highest BCUT2D eigenvalue weighted by Gasteiger charge is 2.40. The van der Waals surface area contributed by atoms with Crippen LogP contribution in [-0.2, 0) is 12.7 Å². The summed E-state index contributed by atoms with van der Waals surface area (Å²) in [6.07, 6.45) is -5.12. The van der Waals surface area contributed by atoms with Crippen molar-refractivity contribution < 1.29 is 27.1 Å². The summed E-state index contributed by atoms with van der Waals surface area (Å²) in [5.41, 5.74) is -0.534. The fourth-order valence-corrected chi connectivity index (χ4v) is 3.01. The van der Waals surface area contributed by atoms with Gasteiger partial charge in [0.1, 0.15) is 5.82 Å². The molecule has 0 aliphatic rings. The van der Waals surface area contributed by atoms with Crippen LogP contribution >= 0.6 is 22.6 Å². The second-order valence-electron chi connectivity index (χ2n) is 5.62. The molecule has 0 unspecified atom stereocenters. The molecular weight excluding hydrogens is 493 g/mol. The van der Waals surface area contributed by atoms with Crippen molar-refractivity contribution in [1.82, 2.24) is 15.1 Å². The van der Waals surface area contributed by atoms with E-state index >= 15 is 0 Å². The Morgan fingerprint density at radius 3 is 2.54 bits per heavy atom. The van der Waals surface area contributed by atoms with Gasteiger partial charge in [0.2, 0.25) is 0 Å². The smallest absolute Gasteiger partial charge is 0.406 e. The lowest BCUT2D eigenvalue weighted by atomic mass is 10.2. The van der Waals surface area contributed by atoms with Crippen LogP contribution in [-0.4, -0.2) is 15.9 Å². The summed E-state index contributed by atoms with van der Waals surface area (Å²) in [6, 6.07) is 11.5. The number of amides is 1. The first-order valence-electron chi connectivity index (χ1n) is 7.85. The summed E-state index contributed by atoms with van der Waals surface area (Å²) in [4.78, 5) is 12.0. The lowest BCUT2D eigenvalue weighted by molar-refractivity contribution is -0.143. The number of nitrogens with one attached hydrogen (secondary N) is 1. The van der Waals surface area contributed by atoms with Crippen molar-refractivity contribution in [2.75, 3.05) is 0 Å². The molecule has 10 heteroatoms. The van der Waals surface area contributed by atoms with Gasteiger partial charge in [0.25, 0.3) is 0 Å². The average Bonchev–Trinajstić information content (AvgIpc) is 3.04. The summed E-state index contributed by atoms with van der Waals surface area (Å²) >= 11 is 2.10. The molecule has 1 amide bonds. The summed E-state index contributed by atoms with van der Waals surface area (Å²) in [5.74, 6) is -1.35. The maximum Gasteiger partial charge on any atom is 0.437 e. The molecule has 0 bridgehead atoms. The molecule has 0 atom stereocenters. The Morgan fingerprint density at radius 2 is 1.89 bits per heavy atom. The molecule has 1 aromatic heterocycles. The number of carbonyl (C=O) groups excluding carboxylic acids is 1. The molecule has 146 valence electrons. The van der Waals surface area contributed by atoms with Crippen LogP contribution in [0.2, 0.25) is 0 Å². The number of halogens is 5. The van der Waals surface area contributed by atoms with Crippen LogP contribution in [0.3, 0.4) is 0 Å². The predicted octanol–water partition coefficient (Wildman–Crippen LogP) is 4.92. The van der Waals surface area contributed by atoms with E-state index in [1.165, 1.54) is 0 Å². The minimum atomic E-state index is -4.85. The van der Waals surface area contributed by atoms with Gasteiger partial charge in [-0.1, -0.05) is 12.1 Å². The number of rotatable bonds is 4. The summed E-state index contributed by atoms with van der Waals surface area (Å²) in [6.45, 7) is 0.0864. The van der Waals surface area contributed by atoms with Crippen molar-refractivity contribution in [2.45, 2.75) is 12.7 Å². The average molecular weight is 505 g/mol. The van der Waals surface area contributed by atoms with Crippen molar-refractivity contribution in [3.63, 3.8) is 0 Å². The number of benzene rings is 2. The quantitative estimate of drug-likeness (QED) is 0.405. The Balaban J connectivity index is 1.79. The van der Waals surface area contributed by atoms with Gasteiger partial charge in [-0.05, 0) is 64.6 Å². The van der Waals surface area contributed by atoms with E-state index < -0.39 is 29.5 Å². The molecule has 0 aliphatic carbocycles. The molecule has 28 heavy (non-hydrogen) atoms. The molecule has 5 nitrogen and oxygen atoms in total. The predicted molar refractivity (Wildman–Crippen MR) is 101 cm³/mol. The lowest BCUT2D eigenvalue weighted by Crippen LogP contribution is -2.27. The van der Waals surface area contributed by atoms with Crippen molar-refractivity contribution in [1.29, 1.82) is 0 Å². The molecule has 0 aliphatic heterocycles. The van der Waals surface area contributed by atoms with Crippen LogP contribution in [0.25, 0.3) is 5.69 Å². The zero-order chi connectivity index (χ0) is 20.3. The van der Waals surface area contributed by atoms with Gasteiger partial charge < -0.3 is 10.1 Å². The highest BCUT2D eigenvalue weighted by atomic mass is 127. The first-order valence-corrected chi connectivity index (χ1v) is 8.93. The van der Waals surface area contributed by atoms with Gasteiger partial charge in [-0.15, -0.1) is 0 Å². The van der Waals surface area contributed by atoms with Crippen LogP contribution in [0.4, 0.5) is 22.4 Å². The van der Waals surface area contributed by atoms with Crippen LogP contribution in [0.15, 0.2) is 54.7 Å². The Bertz CT molecular complexity index is 987. The summed E-state index contributed by atoms with van der Waals surface area (Å²) in [7, 11) is 0. The fraction of sp³-hybridized carbons (Fsp3) is 0.111. The summed E-state index contributed by atoms with van der Waals surface area (Å²) in [5, 5.41) is 6.03. The van der Waals surface area contributed by atoms with Gasteiger partial charge in [-0.2, -0.15) is 18.3 Å².